The van der Waals surface area contributed by atoms with Crippen LogP contribution in [0.5, 0.6) is 5.75 Å². The van der Waals surface area contributed by atoms with Gasteiger partial charge in [-0.2, -0.15) is 0 Å². The Labute approximate surface area is 171 Å². The minimum Gasteiger partial charge on any atom is -0.494 e. The smallest absolute Gasteiger partial charge is 0.303 e. The molecule has 1 saturated carbocycles. The average molecular weight is 396 g/mol. The van der Waals surface area contributed by atoms with Crippen LogP contribution in [-0.2, 0) is 4.79 Å². The van der Waals surface area contributed by atoms with E-state index in [0.717, 1.165) is 50.2 Å². The van der Waals surface area contributed by atoms with Crippen LogP contribution in [-0.4, -0.2) is 35.0 Å². The number of anilines is 1. The van der Waals surface area contributed by atoms with Crippen LogP contribution in [0.4, 0.5) is 5.82 Å². The zero-order chi connectivity index (χ0) is 20.5. The molecule has 6 heteroatoms. The fourth-order valence-electron chi connectivity index (χ4n) is 3.99. The third-order valence-corrected chi connectivity index (χ3v) is 5.46. The van der Waals surface area contributed by atoms with Gasteiger partial charge in [0.15, 0.2) is 5.78 Å². The maximum Gasteiger partial charge on any atom is 0.303 e. The van der Waals surface area contributed by atoms with Gasteiger partial charge in [-0.25, -0.2) is 4.98 Å². The summed E-state index contributed by atoms with van der Waals surface area (Å²) in [5.74, 6) is 0.763. The van der Waals surface area contributed by atoms with Crippen molar-refractivity contribution in [3.8, 4) is 5.75 Å². The molecule has 0 amide bonds. The molecule has 1 aromatic heterocycles. The third-order valence-electron chi connectivity index (χ3n) is 5.46. The number of aromatic nitrogens is 1. The highest BCUT2D eigenvalue weighted by molar-refractivity contribution is 5.96. The molecule has 1 aromatic carbocycles. The SMILES string of the molecule is O=C(O)CC1(CC(=O)c2ccc(OCCCNc3ccccn3)cc2)CCCC1. The Morgan fingerprint density at radius 1 is 1.07 bits per heavy atom. The Balaban J connectivity index is 1.44. The number of Topliss-reactive ketones (excluding diaryl/α,β-unsaturated/α-hetero) is 1. The van der Waals surface area contributed by atoms with Crippen molar-refractivity contribution in [3.05, 3.63) is 54.2 Å². The fraction of sp³-hybridized carbons (Fsp3) is 0.435. The summed E-state index contributed by atoms with van der Waals surface area (Å²) in [6.45, 7) is 1.33. The van der Waals surface area contributed by atoms with E-state index in [4.69, 9.17) is 4.74 Å². The predicted molar refractivity (Wildman–Crippen MR) is 111 cm³/mol. The number of nitrogens with one attached hydrogen (secondary N) is 1. The maximum absolute atomic E-state index is 12.7. The van der Waals surface area contributed by atoms with Gasteiger partial charge >= 0.3 is 5.97 Å². The van der Waals surface area contributed by atoms with Gasteiger partial charge in [0.1, 0.15) is 11.6 Å². The summed E-state index contributed by atoms with van der Waals surface area (Å²) in [4.78, 5) is 28.1. The number of hydrogen-bond acceptors (Lipinski definition) is 5. The molecule has 0 unspecified atom stereocenters. The zero-order valence-corrected chi connectivity index (χ0v) is 16.6. The van der Waals surface area contributed by atoms with Crippen LogP contribution in [0.25, 0.3) is 0 Å². The molecular weight excluding hydrogens is 368 g/mol. The van der Waals surface area contributed by atoms with Gasteiger partial charge in [-0.05, 0) is 61.1 Å². The molecule has 1 heterocycles. The van der Waals surface area contributed by atoms with Crippen molar-refractivity contribution < 1.29 is 19.4 Å². The first kappa shape index (κ1) is 20.8. The number of nitrogens with zero attached hydrogens (tertiary/aromatic N) is 1. The molecule has 6 nitrogen and oxygen atoms in total. The van der Waals surface area contributed by atoms with Crippen LogP contribution in [0.3, 0.4) is 0 Å². The van der Waals surface area contributed by atoms with E-state index in [0.29, 0.717) is 18.6 Å². The normalized spacial score (nSPS) is 15.0. The Bertz CT molecular complexity index is 799. The van der Waals surface area contributed by atoms with Crippen molar-refractivity contribution in [2.45, 2.75) is 44.9 Å². The Kier molecular flexibility index (Phi) is 7.22. The van der Waals surface area contributed by atoms with Gasteiger partial charge in [0.05, 0.1) is 13.0 Å². The van der Waals surface area contributed by atoms with Crippen molar-refractivity contribution in [1.82, 2.24) is 4.98 Å². The highest BCUT2D eigenvalue weighted by Crippen LogP contribution is 2.44. The van der Waals surface area contributed by atoms with Gasteiger partial charge in [0.25, 0.3) is 0 Å². The van der Waals surface area contributed by atoms with E-state index in [2.05, 4.69) is 10.3 Å². The molecule has 3 rings (SSSR count). The first-order valence-corrected chi connectivity index (χ1v) is 10.2. The van der Waals surface area contributed by atoms with Gasteiger partial charge in [0.2, 0.25) is 0 Å². The van der Waals surface area contributed by atoms with E-state index in [1.807, 2.05) is 18.2 Å². The van der Waals surface area contributed by atoms with E-state index in [-0.39, 0.29) is 17.6 Å². The Morgan fingerprint density at radius 2 is 1.83 bits per heavy atom. The zero-order valence-electron chi connectivity index (χ0n) is 16.6. The van der Waals surface area contributed by atoms with E-state index >= 15 is 0 Å². The molecule has 0 radical (unpaired) electrons. The van der Waals surface area contributed by atoms with Crippen LogP contribution >= 0.6 is 0 Å². The van der Waals surface area contributed by atoms with Crippen LogP contribution in [0.1, 0.15) is 55.3 Å². The van der Waals surface area contributed by atoms with E-state index in [9.17, 15) is 14.7 Å². The molecule has 0 atom stereocenters. The lowest BCUT2D eigenvalue weighted by molar-refractivity contribution is -0.139. The molecule has 1 aliphatic carbocycles. The van der Waals surface area contributed by atoms with E-state index < -0.39 is 5.97 Å². The Hall–Kier alpha value is -2.89. The van der Waals surface area contributed by atoms with Gasteiger partial charge in [-0.15, -0.1) is 0 Å². The number of benzene rings is 1. The summed E-state index contributed by atoms with van der Waals surface area (Å²) in [5.41, 5.74) is 0.240. The van der Waals surface area contributed by atoms with Crippen molar-refractivity contribution >= 4 is 17.6 Å². The van der Waals surface area contributed by atoms with Crippen molar-refractivity contribution in [3.63, 3.8) is 0 Å². The van der Waals surface area contributed by atoms with Crippen LogP contribution in [0, 0.1) is 5.41 Å². The second-order valence-electron chi connectivity index (χ2n) is 7.75. The van der Waals surface area contributed by atoms with Gasteiger partial charge < -0.3 is 15.2 Å². The molecular formula is C23H28N2O4. The number of carbonyl (C=O) groups excluding carboxylic acids is 1. The fourth-order valence-corrected chi connectivity index (χ4v) is 3.99. The lowest BCUT2D eigenvalue weighted by atomic mass is 9.77. The molecule has 2 N–H and O–H groups in total. The lowest BCUT2D eigenvalue weighted by Crippen LogP contribution is -2.24. The molecule has 0 saturated heterocycles. The summed E-state index contributed by atoms with van der Waals surface area (Å²) in [5, 5.41) is 12.4. The Morgan fingerprint density at radius 3 is 2.48 bits per heavy atom. The average Bonchev–Trinajstić information content (AvgIpc) is 3.16. The number of pyridine rings is 1. The number of carboxylic acids is 1. The first-order valence-electron chi connectivity index (χ1n) is 10.2. The number of hydrogen-bond donors (Lipinski definition) is 2. The summed E-state index contributed by atoms with van der Waals surface area (Å²) in [7, 11) is 0. The molecule has 2 aromatic rings. The summed E-state index contributed by atoms with van der Waals surface area (Å²) >= 11 is 0. The predicted octanol–water partition coefficient (Wildman–Crippen LogP) is 4.57. The number of ether oxygens (including phenoxy) is 1. The summed E-state index contributed by atoms with van der Waals surface area (Å²) in [6.07, 6.45) is 6.60. The number of rotatable bonds is 11. The number of aliphatic carboxylic acids is 1. The van der Waals surface area contributed by atoms with Crippen LogP contribution in [0.2, 0.25) is 0 Å². The lowest BCUT2D eigenvalue weighted by Gasteiger charge is -2.26. The standard InChI is InChI=1S/C23H28N2O4/c26-20(16-23(17-22(27)28)11-2-3-12-23)18-7-9-19(10-8-18)29-15-5-14-25-21-6-1-4-13-24-21/h1,4,6-10,13H,2-3,5,11-12,14-17H2,(H,24,25)(H,27,28). The quantitative estimate of drug-likeness (QED) is 0.427. The van der Waals surface area contributed by atoms with Gasteiger partial charge in [-0.3, -0.25) is 9.59 Å². The molecule has 0 aliphatic heterocycles. The van der Waals surface area contributed by atoms with E-state index in [1.54, 1.807) is 30.5 Å². The molecule has 0 bridgehead atoms. The van der Waals surface area contributed by atoms with Crippen molar-refractivity contribution in [2.75, 3.05) is 18.5 Å². The van der Waals surface area contributed by atoms with Gasteiger partial charge in [0, 0.05) is 24.7 Å². The minimum atomic E-state index is -0.819. The van der Waals surface area contributed by atoms with Gasteiger partial charge in [-0.1, -0.05) is 18.9 Å². The van der Waals surface area contributed by atoms with Crippen LogP contribution in [0.15, 0.2) is 48.7 Å². The monoisotopic (exact) mass is 396 g/mol. The number of carbonyl (C=O) groups is 2. The molecule has 1 aliphatic rings. The summed E-state index contributed by atoms with van der Waals surface area (Å²) < 4.78 is 5.74. The third kappa shape index (κ3) is 6.31. The second-order valence-corrected chi connectivity index (χ2v) is 7.75. The minimum absolute atomic E-state index is 0.0132. The van der Waals surface area contributed by atoms with Crippen molar-refractivity contribution in [1.29, 1.82) is 0 Å². The second kappa shape index (κ2) is 10.0. The van der Waals surface area contributed by atoms with E-state index in [1.165, 1.54) is 0 Å². The maximum atomic E-state index is 12.7. The van der Waals surface area contributed by atoms with Crippen LogP contribution < -0.4 is 10.1 Å². The first-order chi connectivity index (χ1) is 14.1. The highest BCUT2D eigenvalue weighted by atomic mass is 16.5. The molecule has 0 spiro atoms. The molecule has 29 heavy (non-hydrogen) atoms. The molecule has 154 valence electrons. The highest BCUT2D eigenvalue weighted by Gasteiger charge is 2.38. The number of ketones is 1. The largest absolute Gasteiger partial charge is 0.494 e. The summed E-state index contributed by atoms with van der Waals surface area (Å²) in [6, 6.07) is 12.9. The van der Waals surface area contributed by atoms with Crippen molar-refractivity contribution in [2.24, 2.45) is 5.41 Å². The number of carboxylic acid groups (broad SMARTS) is 1. The topological polar surface area (TPSA) is 88.5 Å². The molecule has 1 fully saturated rings.